The number of carbonyl (C=O) groups excluding carboxylic acids is 2. The molecule has 0 spiro atoms. The van der Waals surface area contributed by atoms with Gasteiger partial charge >= 0.3 is 6.09 Å². The zero-order valence-electron chi connectivity index (χ0n) is 19.7. The number of hydrogen-bond acceptors (Lipinski definition) is 9. The molecule has 0 bridgehead atoms. The van der Waals surface area contributed by atoms with Crippen LogP contribution < -0.4 is 21.1 Å². The Morgan fingerprint density at radius 1 is 1.22 bits per heavy atom. The molecule has 2 N–H and O–H groups in total. The molecular weight excluding hydrogens is 494 g/mol. The topological polar surface area (TPSA) is 142 Å². The first-order valence-electron chi connectivity index (χ1n) is 12.1. The van der Waals surface area contributed by atoms with Gasteiger partial charge in [0.15, 0.2) is 0 Å². The van der Waals surface area contributed by atoms with Crippen LogP contribution in [0.5, 0.6) is 0 Å². The summed E-state index contributed by atoms with van der Waals surface area (Å²) >= 11 is 1.42. The highest BCUT2D eigenvalue weighted by Gasteiger charge is 2.46. The average molecular weight is 518 g/mol. The highest BCUT2D eigenvalue weighted by atomic mass is 32.2. The van der Waals surface area contributed by atoms with Crippen molar-refractivity contribution in [3.8, 4) is 6.07 Å². The summed E-state index contributed by atoms with van der Waals surface area (Å²) in [6, 6.07) is 10.6. The number of amides is 2. The monoisotopic (exact) mass is 517 g/mol. The molecule has 3 aromatic rings. The quantitative estimate of drug-likeness (QED) is 0.521. The number of carbonyl (C=O) groups is 2. The molecule has 3 aromatic heterocycles. The first kappa shape index (κ1) is 23.4. The predicted molar refractivity (Wildman–Crippen MR) is 136 cm³/mol. The maximum absolute atomic E-state index is 12.8. The highest BCUT2D eigenvalue weighted by molar-refractivity contribution is 8.00. The molecule has 2 amide bonds. The van der Waals surface area contributed by atoms with E-state index in [0.29, 0.717) is 53.5 Å². The Morgan fingerprint density at radius 2 is 2.11 bits per heavy atom. The number of thioether (sulfide) groups is 1. The van der Waals surface area contributed by atoms with E-state index in [0.717, 1.165) is 17.7 Å². The maximum atomic E-state index is 12.8. The van der Waals surface area contributed by atoms with E-state index in [1.807, 2.05) is 6.07 Å². The minimum atomic E-state index is -0.430. The molecule has 1 aliphatic carbocycles. The number of pyridine rings is 3. The molecule has 3 atom stereocenters. The van der Waals surface area contributed by atoms with Gasteiger partial charge in [-0.1, -0.05) is 0 Å². The van der Waals surface area contributed by atoms with Crippen LogP contribution in [0.2, 0.25) is 0 Å². The van der Waals surface area contributed by atoms with Gasteiger partial charge in [-0.05, 0) is 37.1 Å². The zero-order valence-corrected chi connectivity index (χ0v) is 20.5. The SMILES string of the molecule is N#Cc1cnc2ccc(=O)n(CCN[C@H]3CC[C@H]4[C@H](C3)OC(=O)N4c3ccc4c(n3)NC(=O)CS4)c2c1. The standard InChI is InChI=1S/C25H23N7O4S/c26-11-14-9-18-16(28-12-14)2-6-23(34)31(18)8-7-27-15-1-3-17-19(10-15)36-25(35)32(17)21-5-4-20-24(29-21)30-22(33)13-37-20/h2,4-6,9,12,15,17,19,27H,1,3,7-8,10,13H2,(H,29,30,33)/t15-,17-,19-/m0/s1. The Balaban J connectivity index is 1.11. The molecule has 11 nitrogen and oxygen atoms in total. The van der Waals surface area contributed by atoms with Gasteiger partial charge in [-0.3, -0.25) is 19.5 Å². The van der Waals surface area contributed by atoms with Crippen molar-refractivity contribution in [3.05, 3.63) is 52.4 Å². The van der Waals surface area contributed by atoms with E-state index in [1.54, 1.807) is 27.7 Å². The maximum Gasteiger partial charge on any atom is 0.416 e. The van der Waals surface area contributed by atoms with E-state index >= 15 is 0 Å². The molecule has 2 fully saturated rings. The van der Waals surface area contributed by atoms with Gasteiger partial charge < -0.3 is 19.9 Å². The Bertz CT molecular complexity index is 1520. The van der Waals surface area contributed by atoms with Crippen molar-refractivity contribution in [1.29, 1.82) is 5.26 Å². The van der Waals surface area contributed by atoms with Crippen LogP contribution in [-0.4, -0.2) is 57.0 Å². The molecule has 1 saturated heterocycles. The number of fused-ring (bicyclic) bond motifs is 3. The van der Waals surface area contributed by atoms with Crippen LogP contribution in [0, 0.1) is 11.3 Å². The lowest BCUT2D eigenvalue weighted by Gasteiger charge is -2.33. The van der Waals surface area contributed by atoms with E-state index < -0.39 is 6.09 Å². The van der Waals surface area contributed by atoms with Crippen LogP contribution in [0.3, 0.4) is 0 Å². The van der Waals surface area contributed by atoms with E-state index in [-0.39, 0.29) is 29.7 Å². The fourth-order valence-electron chi connectivity index (χ4n) is 5.23. The molecule has 0 unspecified atom stereocenters. The highest BCUT2D eigenvalue weighted by Crippen LogP contribution is 2.37. The minimum Gasteiger partial charge on any atom is -0.444 e. The Kier molecular flexibility index (Phi) is 6.02. The fourth-order valence-corrected chi connectivity index (χ4v) is 5.99. The van der Waals surface area contributed by atoms with Gasteiger partial charge in [0.1, 0.15) is 23.8 Å². The van der Waals surface area contributed by atoms with Crippen LogP contribution in [0.25, 0.3) is 11.0 Å². The largest absolute Gasteiger partial charge is 0.444 e. The Hall–Kier alpha value is -3.95. The molecule has 3 aliphatic rings. The number of nitrogens with one attached hydrogen (secondary N) is 2. The number of ether oxygens (including phenoxy) is 1. The summed E-state index contributed by atoms with van der Waals surface area (Å²) in [6.07, 6.45) is 3.00. The molecule has 0 radical (unpaired) electrons. The molecule has 1 saturated carbocycles. The molecule has 37 heavy (non-hydrogen) atoms. The summed E-state index contributed by atoms with van der Waals surface area (Å²) in [5.41, 5.74) is 1.54. The van der Waals surface area contributed by atoms with Crippen LogP contribution >= 0.6 is 11.8 Å². The van der Waals surface area contributed by atoms with E-state index in [1.165, 1.54) is 24.0 Å². The normalized spacial score (nSPS) is 22.7. The van der Waals surface area contributed by atoms with Gasteiger partial charge in [0.2, 0.25) is 5.91 Å². The summed E-state index contributed by atoms with van der Waals surface area (Å²) in [5.74, 6) is 1.20. The molecule has 6 rings (SSSR count). The summed E-state index contributed by atoms with van der Waals surface area (Å²) in [7, 11) is 0. The van der Waals surface area contributed by atoms with Crippen molar-refractivity contribution < 1.29 is 14.3 Å². The van der Waals surface area contributed by atoms with Crippen molar-refractivity contribution in [3.63, 3.8) is 0 Å². The van der Waals surface area contributed by atoms with Gasteiger partial charge in [-0.25, -0.2) is 9.78 Å². The summed E-state index contributed by atoms with van der Waals surface area (Å²) in [4.78, 5) is 48.3. The Morgan fingerprint density at radius 3 is 2.97 bits per heavy atom. The van der Waals surface area contributed by atoms with Gasteiger partial charge in [-0.2, -0.15) is 5.26 Å². The second kappa shape index (κ2) is 9.49. The van der Waals surface area contributed by atoms with E-state index in [4.69, 9.17) is 4.74 Å². The van der Waals surface area contributed by atoms with E-state index in [2.05, 4.69) is 26.7 Å². The molecule has 188 valence electrons. The van der Waals surface area contributed by atoms with Crippen LogP contribution in [-0.2, 0) is 16.1 Å². The summed E-state index contributed by atoms with van der Waals surface area (Å²) < 4.78 is 7.34. The van der Waals surface area contributed by atoms with Crippen molar-refractivity contribution in [2.75, 3.05) is 22.5 Å². The fraction of sp³-hybridized carbons (Fsp3) is 0.360. The third-order valence-corrected chi connectivity index (χ3v) is 8.03. The van der Waals surface area contributed by atoms with Gasteiger partial charge in [0.25, 0.3) is 5.56 Å². The lowest BCUT2D eigenvalue weighted by Crippen LogP contribution is -2.46. The van der Waals surface area contributed by atoms with Crippen molar-refractivity contribution in [2.45, 2.75) is 48.9 Å². The third kappa shape index (κ3) is 4.41. The van der Waals surface area contributed by atoms with Crippen molar-refractivity contribution in [2.24, 2.45) is 0 Å². The number of nitrogens with zero attached hydrogens (tertiary/aromatic N) is 5. The van der Waals surface area contributed by atoms with Gasteiger partial charge in [-0.15, -0.1) is 11.8 Å². The zero-order chi connectivity index (χ0) is 25.5. The summed E-state index contributed by atoms with van der Waals surface area (Å²) in [5, 5.41) is 15.5. The van der Waals surface area contributed by atoms with E-state index in [9.17, 15) is 19.6 Å². The lowest BCUT2D eigenvalue weighted by atomic mass is 9.88. The molecule has 12 heteroatoms. The number of anilines is 2. The van der Waals surface area contributed by atoms with Crippen LogP contribution in [0.4, 0.5) is 16.4 Å². The average Bonchev–Trinajstić information content (AvgIpc) is 3.24. The van der Waals surface area contributed by atoms with Crippen LogP contribution in [0.1, 0.15) is 24.8 Å². The first-order chi connectivity index (χ1) is 18.0. The van der Waals surface area contributed by atoms with Gasteiger partial charge in [0, 0.05) is 37.8 Å². The molecule has 5 heterocycles. The third-order valence-electron chi connectivity index (χ3n) is 6.98. The number of aromatic nitrogens is 3. The number of nitriles is 1. The van der Waals surface area contributed by atoms with Crippen molar-refractivity contribution >= 4 is 46.4 Å². The molecular formula is C25H23N7O4S. The second-order valence-electron chi connectivity index (χ2n) is 9.24. The predicted octanol–water partition coefficient (Wildman–Crippen LogP) is 2.24. The minimum absolute atomic E-state index is 0.108. The summed E-state index contributed by atoms with van der Waals surface area (Å²) in [6.45, 7) is 0.964. The number of rotatable bonds is 5. The number of hydrogen-bond donors (Lipinski definition) is 2. The first-order valence-corrected chi connectivity index (χ1v) is 13.1. The second-order valence-corrected chi connectivity index (χ2v) is 10.3. The molecule has 0 aromatic carbocycles. The lowest BCUT2D eigenvalue weighted by molar-refractivity contribution is -0.113. The van der Waals surface area contributed by atoms with Crippen LogP contribution in [0.15, 0.2) is 46.2 Å². The molecule has 2 aliphatic heterocycles. The Labute approximate surface area is 215 Å². The smallest absolute Gasteiger partial charge is 0.416 e. The van der Waals surface area contributed by atoms with Gasteiger partial charge in [0.05, 0.1) is 33.3 Å². The van der Waals surface area contributed by atoms with Crippen molar-refractivity contribution in [1.82, 2.24) is 19.9 Å².